The summed E-state index contributed by atoms with van der Waals surface area (Å²) in [5.74, 6) is 1.20. The molecule has 1 N–H and O–H groups in total. The first-order valence-electron chi connectivity index (χ1n) is 12.0. The van der Waals surface area contributed by atoms with Crippen LogP contribution in [0.2, 0.25) is 0 Å². The van der Waals surface area contributed by atoms with Crippen molar-refractivity contribution in [1.29, 1.82) is 0 Å². The van der Waals surface area contributed by atoms with Crippen molar-refractivity contribution in [3.63, 3.8) is 0 Å². The number of amides is 2. The van der Waals surface area contributed by atoms with Gasteiger partial charge in [-0.05, 0) is 69.0 Å². The van der Waals surface area contributed by atoms with E-state index in [1.54, 1.807) is 11.3 Å². The number of nitrogens with one attached hydrogen (secondary N) is 1. The van der Waals surface area contributed by atoms with Crippen molar-refractivity contribution in [3.8, 4) is 0 Å². The average Bonchev–Trinajstić information content (AvgIpc) is 3.47. The van der Waals surface area contributed by atoms with Crippen LogP contribution in [0.25, 0.3) is 0 Å². The van der Waals surface area contributed by atoms with Crippen LogP contribution in [0.3, 0.4) is 0 Å². The number of rotatable bonds is 6. The van der Waals surface area contributed by atoms with Crippen molar-refractivity contribution in [1.82, 2.24) is 15.1 Å². The highest BCUT2D eigenvalue weighted by molar-refractivity contribution is 7.10. The third-order valence-electron chi connectivity index (χ3n) is 7.39. The fourth-order valence-electron chi connectivity index (χ4n) is 5.43. The molecule has 1 aliphatic carbocycles. The van der Waals surface area contributed by atoms with Crippen LogP contribution >= 0.6 is 11.3 Å². The number of thiophene rings is 1. The Hall–Kier alpha value is -1.40. The van der Waals surface area contributed by atoms with Gasteiger partial charge in [-0.3, -0.25) is 14.5 Å². The number of likely N-dealkylation sites (tertiary alicyclic amines) is 2. The minimum atomic E-state index is -0.273. The molecule has 166 valence electrons. The Morgan fingerprint density at radius 2 is 1.83 bits per heavy atom. The van der Waals surface area contributed by atoms with E-state index < -0.39 is 0 Å². The fraction of sp³-hybridized carbons (Fsp3) is 0.750. The van der Waals surface area contributed by atoms with Gasteiger partial charge in [0.1, 0.15) is 6.04 Å². The molecule has 1 aromatic rings. The van der Waals surface area contributed by atoms with Crippen molar-refractivity contribution in [2.75, 3.05) is 26.2 Å². The minimum Gasteiger partial charge on any atom is -0.352 e. The Bertz CT molecular complexity index is 693. The van der Waals surface area contributed by atoms with Crippen molar-refractivity contribution < 1.29 is 9.59 Å². The standard InChI is InChI=1S/C24H37N3O2S/c1-18-11-14-26(15-12-18)21(22-10-6-16-30-22)17-25-23(28)20-9-5-13-27(20)24(29)19-7-3-2-4-8-19/h6,10,16,18-21H,2-5,7-9,11-15,17H2,1H3,(H,25,28). The third-order valence-corrected chi connectivity index (χ3v) is 8.37. The summed E-state index contributed by atoms with van der Waals surface area (Å²) in [7, 11) is 0. The van der Waals surface area contributed by atoms with E-state index >= 15 is 0 Å². The fourth-order valence-corrected chi connectivity index (χ4v) is 6.29. The molecule has 1 aromatic heterocycles. The molecule has 0 bridgehead atoms. The first-order valence-corrected chi connectivity index (χ1v) is 12.9. The highest BCUT2D eigenvalue weighted by Crippen LogP contribution is 2.31. The van der Waals surface area contributed by atoms with Gasteiger partial charge in [0.05, 0.1) is 6.04 Å². The van der Waals surface area contributed by atoms with Crippen molar-refractivity contribution in [2.24, 2.45) is 11.8 Å². The zero-order chi connectivity index (χ0) is 20.9. The topological polar surface area (TPSA) is 52.7 Å². The molecular formula is C24H37N3O2S. The molecule has 6 heteroatoms. The maximum Gasteiger partial charge on any atom is 0.242 e. The van der Waals surface area contributed by atoms with Gasteiger partial charge in [-0.2, -0.15) is 0 Å². The molecular weight excluding hydrogens is 394 g/mol. The number of nitrogens with zero attached hydrogens (tertiary/aromatic N) is 2. The van der Waals surface area contributed by atoms with Crippen LogP contribution < -0.4 is 5.32 Å². The molecule has 3 aliphatic rings. The number of carbonyl (C=O) groups is 2. The van der Waals surface area contributed by atoms with E-state index in [1.807, 2.05) is 4.90 Å². The normalized spacial score (nSPS) is 25.4. The summed E-state index contributed by atoms with van der Waals surface area (Å²) < 4.78 is 0. The second kappa shape index (κ2) is 10.3. The summed E-state index contributed by atoms with van der Waals surface area (Å²) in [5.41, 5.74) is 0. The van der Waals surface area contributed by atoms with Crippen LogP contribution in [0, 0.1) is 11.8 Å². The molecule has 2 amide bonds. The predicted octanol–water partition coefficient (Wildman–Crippen LogP) is 4.21. The maximum absolute atomic E-state index is 13.1. The Balaban J connectivity index is 1.37. The summed E-state index contributed by atoms with van der Waals surface area (Å²) in [5, 5.41) is 5.36. The number of piperidine rings is 1. The van der Waals surface area contributed by atoms with Gasteiger partial charge in [0.2, 0.25) is 11.8 Å². The van der Waals surface area contributed by atoms with E-state index in [9.17, 15) is 9.59 Å². The summed E-state index contributed by atoms with van der Waals surface area (Å²) in [6.45, 7) is 5.89. The second-order valence-electron chi connectivity index (χ2n) is 9.52. The average molecular weight is 432 g/mol. The zero-order valence-corrected chi connectivity index (χ0v) is 19.2. The van der Waals surface area contributed by atoms with Gasteiger partial charge in [0.25, 0.3) is 0 Å². The van der Waals surface area contributed by atoms with Gasteiger partial charge < -0.3 is 10.2 Å². The molecule has 2 saturated heterocycles. The predicted molar refractivity (Wildman–Crippen MR) is 121 cm³/mol. The zero-order valence-electron chi connectivity index (χ0n) is 18.4. The molecule has 3 heterocycles. The van der Waals surface area contributed by atoms with Gasteiger partial charge in [-0.1, -0.05) is 32.3 Å². The maximum atomic E-state index is 13.1. The van der Waals surface area contributed by atoms with Crippen LogP contribution in [0.4, 0.5) is 0 Å². The lowest BCUT2D eigenvalue weighted by Gasteiger charge is -2.37. The minimum absolute atomic E-state index is 0.0450. The van der Waals surface area contributed by atoms with E-state index in [0.29, 0.717) is 6.54 Å². The largest absolute Gasteiger partial charge is 0.352 e. The lowest BCUT2D eigenvalue weighted by atomic mass is 9.88. The molecule has 0 spiro atoms. The first kappa shape index (κ1) is 21.8. The van der Waals surface area contributed by atoms with Crippen molar-refractivity contribution >= 4 is 23.2 Å². The molecule has 0 radical (unpaired) electrons. The number of hydrogen-bond donors (Lipinski definition) is 1. The van der Waals surface area contributed by atoms with Crippen LogP contribution in [-0.2, 0) is 9.59 Å². The molecule has 1 saturated carbocycles. The molecule has 2 unspecified atom stereocenters. The van der Waals surface area contributed by atoms with Gasteiger partial charge in [-0.15, -0.1) is 11.3 Å². The van der Waals surface area contributed by atoms with E-state index in [1.165, 1.54) is 24.1 Å². The molecule has 2 atom stereocenters. The van der Waals surface area contributed by atoms with Gasteiger partial charge in [0.15, 0.2) is 0 Å². The van der Waals surface area contributed by atoms with Crippen LogP contribution in [0.15, 0.2) is 17.5 Å². The molecule has 3 fully saturated rings. The summed E-state index contributed by atoms with van der Waals surface area (Å²) in [4.78, 5) is 31.9. The quantitative estimate of drug-likeness (QED) is 0.734. The smallest absolute Gasteiger partial charge is 0.242 e. The lowest BCUT2D eigenvalue weighted by molar-refractivity contribution is -0.142. The molecule has 30 heavy (non-hydrogen) atoms. The first-order chi connectivity index (χ1) is 14.6. The van der Waals surface area contributed by atoms with Gasteiger partial charge >= 0.3 is 0 Å². The van der Waals surface area contributed by atoms with Crippen LogP contribution in [-0.4, -0.2) is 53.8 Å². The second-order valence-corrected chi connectivity index (χ2v) is 10.5. The van der Waals surface area contributed by atoms with E-state index in [-0.39, 0.29) is 29.8 Å². The Morgan fingerprint density at radius 3 is 2.53 bits per heavy atom. The monoisotopic (exact) mass is 431 g/mol. The van der Waals surface area contributed by atoms with E-state index in [4.69, 9.17) is 0 Å². The molecule has 5 nitrogen and oxygen atoms in total. The van der Waals surface area contributed by atoms with Gasteiger partial charge in [0, 0.05) is 23.9 Å². The van der Waals surface area contributed by atoms with Gasteiger partial charge in [-0.25, -0.2) is 0 Å². The number of hydrogen-bond acceptors (Lipinski definition) is 4. The van der Waals surface area contributed by atoms with E-state index in [0.717, 1.165) is 64.1 Å². The van der Waals surface area contributed by atoms with Crippen molar-refractivity contribution in [3.05, 3.63) is 22.4 Å². The highest BCUT2D eigenvalue weighted by atomic mass is 32.1. The summed E-state index contributed by atoms with van der Waals surface area (Å²) in [6, 6.07) is 4.26. The molecule has 4 rings (SSSR count). The number of carbonyl (C=O) groups excluding carboxylic acids is 2. The van der Waals surface area contributed by atoms with Crippen LogP contribution in [0.1, 0.15) is 75.6 Å². The SMILES string of the molecule is CC1CCN(C(CNC(=O)C2CCCN2C(=O)C2CCCCC2)c2cccs2)CC1. The van der Waals surface area contributed by atoms with E-state index in [2.05, 4.69) is 34.7 Å². The third kappa shape index (κ3) is 5.08. The Kier molecular flexibility index (Phi) is 7.47. The summed E-state index contributed by atoms with van der Waals surface area (Å²) >= 11 is 1.78. The van der Waals surface area contributed by atoms with Crippen LogP contribution in [0.5, 0.6) is 0 Å². The summed E-state index contributed by atoms with van der Waals surface area (Å²) in [6.07, 6.45) is 9.73. The molecule has 2 aliphatic heterocycles. The highest BCUT2D eigenvalue weighted by Gasteiger charge is 2.37. The Labute approximate surface area is 185 Å². The lowest BCUT2D eigenvalue weighted by Crippen LogP contribution is -2.50. The van der Waals surface area contributed by atoms with Crippen molar-refractivity contribution in [2.45, 2.75) is 76.8 Å². The Morgan fingerprint density at radius 1 is 1.07 bits per heavy atom. The molecule has 0 aromatic carbocycles.